The number of para-hydroxylation sites is 1. The molecule has 1 rings (SSSR count). The Kier molecular flexibility index (Phi) is 4.34. The zero-order chi connectivity index (χ0) is 13.0. The van der Waals surface area contributed by atoms with E-state index in [9.17, 15) is 4.79 Å². The Morgan fingerprint density at radius 3 is 2.53 bits per heavy atom. The molecular weight excluding hydrogens is 222 g/mol. The molecule has 1 aromatic carbocycles. The van der Waals surface area contributed by atoms with Crippen LogP contribution in [-0.2, 0) is 4.79 Å². The maximum absolute atomic E-state index is 10.9. The average molecular weight is 239 g/mol. The monoisotopic (exact) mass is 239 g/mol. The van der Waals surface area contributed by atoms with Gasteiger partial charge in [0, 0.05) is 5.56 Å². The van der Waals surface area contributed by atoms with E-state index in [1.165, 1.54) is 7.11 Å². The van der Waals surface area contributed by atoms with Gasteiger partial charge in [-0.3, -0.25) is 4.79 Å². The minimum absolute atomic E-state index is 0.0916. The summed E-state index contributed by atoms with van der Waals surface area (Å²) in [6.45, 7) is 3.70. The number of methoxy groups -OCH3 is 1. The van der Waals surface area contributed by atoms with Crippen LogP contribution in [0.25, 0.3) is 0 Å². The molecule has 0 fully saturated rings. The Hall–Kier alpha value is -1.75. The van der Waals surface area contributed by atoms with Crippen molar-refractivity contribution in [1.29, 1.82) is 0 Å². The number of aliphatic carboxylic acids is 1. The second-order valence-corrected chi connectivity index (χ2v) is 3.86. The predicted molar refractivity (Wildman–Crippen MR) is 63.3 cm³/mol. The van der Waals surface area contributed by atoms with Crippen LogP contribution in [0.15, 0.2) is 18.2 Å². The molecule has 0 aliphatic rings. The Morgan fingerprint density at radius 1 is 1.41 bits per heavy atom. The molecule has 0 radical (unpaired) electrons. The Bertz CT molecular complexity index is 403. The van der Waals surface area contributed by atoms with Crippen molar-refractivity contribution in [2.45, 2.75) is 26.0 Å². The summed E-state index contributed by atoms with van der Waals surface area (Å²) in [5.74, 6) is -0.236. The van der Waals surface area contributed by atoms with Gasteiger partial charge in [0.2, 0.25) is 0 Å². The molecule has 3 N–H and O–H groups in total. The van der Waals surface area contributed by atoms with E-state index in [0.717, 1.165) is 0 Å². The lowest BCUT2D eigenvalue weighted by Crippen LogP contribution is -2.22. The first kappa shape index (κ1) is 13.3. The molecular formula is C12H17NO4. The lowest BCUT2D eigenvalue weighted by Gasteiger charge is -2.19. The highest BCUT2D eigenvalue weighted by Gasteiger charge is 2.22. The lowest BCUT2D eigenvalue weighted by molar-refractivity contribution is -0.138. The second kappa shape index (κ2) is 5.54. The van der Waals surface area contributed by atoms with Crippen molar-refractivity contribution in [3.05, 3.63) is 23.8 Å². The summed E-state index contributed by atoms with van der Waals surface area (Å²) in [6.07, 6.45) is -0.0916. The van der Waals surface area contributed by atoms with Crippen molar-refractivity contribution in [2.24, 2.45) is 5.73 Å². The maximum Gasteiger partial charge on any atom is 0.325 e. The number of carbonyl (C=O) groups is 1. The van der Waals surface area contributed by atoms with Crippen molar-refractivity contribution < 1.29 is 19.4 Å². The standard InChI is InChI=1S/C12H17NO4/c1-7(2)17-11-8(10(13)12(14)15)5-4-6-9(11)16-3/h4-7,10H,13H2,1-3H3,(H,14,15). The van der Waals surface area contributed by atoms with Crippen LogP contribution in [0.2, 0.25) is 0 Å². The fourth-order valence-corrected chi connectivity index (χ4v) is 1.43. The molecule has 0 saturated heterocycles. The number of hydrogen-bond donors (Lipinski definition) is 2. The van der Waals surface area contributed by atoms with Crippen LogP contribution in [0.1, 0.15) is 25.5 Å². The van der Waals surface area contributed by atoms with E-state index in [1.54, 1.807) is 18.2 Å². The molecule has 0 aliphatic heterocycles. The van der Waals surface area contributed by atoms with Gasteiger partial charge < -0.3 is 20.3 Å². The van der Waals surface area contributed by atoms with Crippen molar-refractivity contribution >= 4 is 5.97 Å². The molecule has 0 amide bonds. The summed E-state index contributed by atoms with van der Waals surface area (Å²) in [6, 6.07) is 3.89. The summed E-state index contributed by atoms with van der Waals surface area (Å²) in [5.41, 5.74) is 6.01. The molecule has 0 saturated carbocycles. The SMILES string of the molecule is COc1cccc(C(N)C(=O)O)c1OC(C)C. The molecule has 0 aromatic heterocycles. The minimum atomic E-state index is -1.13. The van der Waals surface area contributed by atoms with Gasteiger partial charge >= 0.3 is 5.97 Å². The van der Waals surface area contributed by atoms with Crippen LogP contribution in [0.5, 0.6) is 11.5 Å². The van der Waals surface area contributed by atoms with Gasteiger partial charge in [-0.15, -0.1) is 0 Å². The van der Waals surface area contributed by atoms with E-state index in [2.05, 4.69) is 0 Å². The zero-order valence-corrected chi connectivity index (χ0v) is 10.1. The first-order valence-corrected chi connectivity index (χ1v) is 5.29. The van der Waals surface area contributed by atoms with Crippen LogP contribution in [0, 0.1) is 0 Å². The fourth-order valence-electron chi connectivity index (χ4n) is 1.43. The number of hydrogen-bond acceptors (Lipinski definition) is 4. The summed E-state index contributed by atoms with van der Waals surface area (Å²) in [7, 11) is 1.50. The minimum Gasteiger partial charge on any atom is -0.493 e. The normalized spacial score (nSPS) is 12.3. The Balaban J connectivity index is 3.23. The lowest BCUT2D eigenvalue weighted by atomic mass is 10.1. The van der Waals surface area contributed by atoms with Gasteiger partial charge in [0.15, 0.2) is 11.5 Å². The number of benzene rings is 1. The third-order valence-electron chi connectivity index (χ3n) is 2.18. The maximum atomic E-state index is 10.9. The van der Waals surface area contributed by atoms with E-state index < -0.39 is 12.0 Å². The molecule has 0 heterocycles. The molecule has 1 unspecified atom stereocenters. The summed E-state index contributed by atoms with van der Waals surface area (Å²) in [5, 5.41) is 8.94. The highest BCUT2D eigenvalue weighted by molar-refractivity contribution is 5.77. The van der Waals surface area contributed by atoms with Crippen molar-refractivity contribution in [1.82, 2.24) is 0 Å². The van der Waals surface area contributed by atoms with Crippen LogP contribution < -0.4 is 15.2 Å². The molecule has 1 atom stereocenters. The average Bonchev–Trinajstić information content (AvgIpc) is 2.27. The van der Waals surface area contributed by atoms with Crippen LogP contribution in [-0.4, -0.2) is 24.3 Å². The van der Waals surface area contributed by atoms with E-state index in [0.29, 0.717) is 17.1 Å². The number of ether oxygens (including phenoxy) is 2. The van der Waals surface area contributed by atoms with Crippen LogP contribution >= 0.6 is 0 Å². The van der Waals surface area contributed by atoms with Gasteiger partial charge in [-0.2, -0.15) is 0 Å². The van der Waals surface area contributed by atoms with Crippen LogP contribution in [0.4, 0.5) is 0 Å². The first-order chi connectivity index (χ1) is 7.97. The molecule has 0 aliphatic carbocycles. The molecule has 17 heavy (non-hydrogen) atoms. The molecule has 0 bridgehead atoms. The van der Waals surface area contributed by atoms with Gasteiger partial charge in [0.1, 0.15) is 6.04 Å². The zero-order valence-electron chi connectivity index (χ0n) is 10.1. The van der Waals surface area contributed by atoms with E-state index in [1.807, 2.05) is 13.8 Å². The van der Waals surface area contributed by atoms with Crippen LogP contribution in [0.3, 0.4) is 0 Å². The van der Waals surface area contributed by atoms with Gasteiger partial charge in [-0.1, -0.05) is 12.1 Å². The number of nitrogens with two attached hydrogens (primary N) is 1. The third kappa shape index (κ3) is 3.10. The molecule has 5 heteroatoms. The molecule has 0 spiro atoms. The Morgan fingerprint density at radius 2 is 2.06 bits per heavy atom. The summed E-state index contributed by atoms with van der Waals surface area (Å²) < 4.78 is 10.7. The van der Waals surface area contributed by atoms with Crippen molar-refractivity contribution in [3.63, 3.8) is 0 Å². The quantitative estimate of drug-likeness (QED) is 0.815. The van der Waals surface area contributed by atoms with Gasteiger partial charge in [0.25, 0.3) is 0 Å². The number of rotatable bonds is 5. The van der Waals surface area contributed by atoms with Gasteiger partial charge in [-0.25, -0.2) is 0 Å². The predicted octanol–water partition coefficient (Wildman–Crippen LogP) is 1.57. The molecule has 5 nitrogen and oxygen atoms in total. The topological polar surface area (TPSA) is 81.8 Å². The number of carboxylic acid groups (broad SMARTS) is 1. The summed E-state index contributed by atoms with van der Waals surface area (Å²) in [4.78, 5) is 10.9. The van der Waals surface area contributed by atoms with E-state index in [-0.39, 0.29) is 6.10 Å². The largest absolute Gasteiger partial charge is 0.493 e. The fraction of sp³-hybridized carbons (Fsp3) is 0.417. The number of carboxylic acids is 1. The van der Waals surface area contributed by atoms with E-state index >= 15 is 0 Å². The second-order valence-electron chi connectivity index (χ2n) is 3.86. The third-order valence-corrected chi connectivity index (χ3v) is 2.18. The smallest absolute Gasteiger partial charge is 0.325 e. The van der Waals surface area contributed by atoms with E-state index in [4.69, 9.17) is 20.3 Å². The van der Waals surface area contributed by atoms with Crippen molar-refractivity contribution in [2.75, 3.05) is 7.11 Å². The highest BCUT2D eigenvalue weighted by atomic mass is 16.5. The van der Waals surface area contributed by atoms with Gasteiger partial charge in [0.05, 0.1) is 13.2 Å². The Labute approximate surface area is 100 Å². The van der Waals surface area contributed by atoms with Gasteiger partial charge in [-0.05, 0) is 19.9 Å². The molecule has 1 aromatic rings. The highest BCUT2D eigenvalue weighted by Crippen LogP contribution is 2.34. The molecule has 94 valence electrons. The van der Waals surface area contributed by atoms with Crippen molar-refractivity contribution in [3.8, 4) is 11.5 Å². The summed E-state index contributed by atoms with van der Waals surface area (Å²) >= 11 is 0. The first-order valence-electron chi connectivity index (χ1n) is 5.29.